The van der Waals surface area contributed by atoms with Crippen LogP contribution in [0.2, 0.25) is 0 Å². The zero-order valence-electron chi connectivity index (χ0n) is 20.8. The first-order valence-electron chi connectivity index (χ1n) is 12.2. The molecule has 4 heterocycles. The molecule has 0 radical (unpaired) electrons. The van der Waals surface area contributed by atoms with Gasteiger partial charge in [-0.3, -0.25) is 4.90 Å². The van der Waals surface area contributed by atoms with Crippen molar-refractivity contribution in [3.63, 3.8) is 0 Å². The van der Waals surface area contributed by atoms with Crippen molar-refractivity contribution < 1.29 is 19.0 Å². The van der Waals surface area contributed by atoms with E-state index >= 15 is 4.39 Å². The van der Waals surface area contributed by atoms with E-state index in [1.54, 1.807) is 20.4 Å². The van der Waals surface area contributed by atoms with E-state index in [1.807, 2.05) is 16.9 Å². The van der Waals surface area contributed by atoms with Crippen LogP contribution in [0.5, 0.6) is 5.75 Å². The molecule has 1 N–H and O–H groups in total. The monoisotopic (exact) mass is 483 g/mol. The summed E-state index contributed by atoms with van der Waals surface area (Å²) in [5.74, 6) is 1.31. The van der Waals surface area contributed by atoms with Gasteiger partial charge in [0.1, 0.15) is 6.17 Å². The molecule has 0 spiro atoms. The number of methoxy groups -OCH3 is 2. The molecule has 0 aliphatic carbocycles. The number of β-amino-alcohol motifs (C(OH)–C–C–N with tert-alkyl or cyclic N) is 1. The zero-order chi connectivity index (χ0) is 24.7. The second-order valence-corrected chi connectivity index (χ2v) is 9.87. The normalized spacial score (nSPS) is 23.6. The van der Waals surface area contributed by atoms with Gasteiger partial charge < -0.3 is 19.5 Å². The van der Waals surface area contributed by atoms with Crippen molar-refractivity contribution in [3.8, 4) is 11.6 Å². The molecule has 1 aromatic carbocycles. The van der Waals surface area contributed by atoms with Crippen LogP contribution in [0.15, 0.2) is 30.6 Å². The fourth-order valence-corrected chi connectivity index (χ4v) is 5.56. The number of rotatable bonds is 7. The number of hydrogen-bond donors (Lipinski definition) is 1. The average Bonchev–Trinajstić information content (AvgIpc) is 3.22. The van der Waals surface area contributed by atoms with Crippen LogP contribution in [0, 0.1) is 12.8 Å². The lowest BCUT2D eigenvalue weighted by molar-refractivity contribution is 0.0580. The van der Waals surface area contributed by atoms with E-state index in [0.29, 0.717) is 37.8 Å². The molecule has 0 saturated carbocycles. The molecule has 5 rings (SSSR count). The molecule has 8 nitrogen and oxygen atoms in total. The van der Waals surface area contributed by atoms with E-state index in [-0.39, 0.29) is 17.9 Å². The van der Waals surface area contributed by atoms with Gasteiger partial charge in [0.25, 0.3) is 0 Å². The fourth-order valence-electron chi connectivity index (χ4n) is 5.56. The third-order valence-corrected chi connectivity index (χ3v) is 7.38. The molecule has 2 unspecified atom stereocenters. The summed E-state index contributed by atoms with van der Waals surface area (Å²) < 4.78 is 28.0. The third-order valence-electron chi connectivity index (χ3n) is 7.38. The van der Waals surface area contributed by atoms with Gasteiger partial charge in [-0.25, -0.2) is 14.1 Å². The van der Waals surface area contributed by atoms with Crippen molar-refractivity contribution in [2.45, 2.75) is 32.0 Å². The van der Waals surface area contributed by atoms with Gasteiger partial charge in [0.05, 0.1) is 43.4 Å². The lowest BCUT2D eigenvalue weighted by Crippen LogP contribution is -2.51. The SMILES string of the molecule is COCCN1CC(F)C(c2cc3c(cnn3-c3cc(N4CC(O)C4)c(OC)cn3)cc2C)[C@H](C)C1. The molecule has 35 heavy (non-hydrogen) atoms. The molecule has 2 saturated heterocycles. The molecule has 2 aliphatic heterocycles. The van der Waals surface area contributed by atoms with Crippen molar-refractivity contribution in [1.29, 1.82) is 0 Å². The predicted molar refractivity (Wildman–Crippen MR) is 133 cm³/mol. The minimum atomic E-state index is -0.952. The van der Waals surface area contributed by atoms with Gasteiger partial charge in [-0.05, 0) is 36.1 Å². The molecule has 9 heteroatoms. The smallest absolute Gasteiger partial charge is 0.160 e. The Hall–Kier alpha value is -2.75. The first kappa shape index (κ1) is 24.0. The molecule has 3 atom stereocenters. The number of aryl methyl sites for hydroxylation is 1. The van der Waals surface area contributed by atoms with E-state index in [1.165, 1.54) is 0 Å². The van der Waals surface area contributed by atoms with Crippen LogP contribution in [-0.2, 0) is 4.74 Å². The van der Waals surface area contributed by atoms with Crippen molar-refractivity contribution in [2.24, 2.45) is 5.92 Å². The summed E-state index contributed by atoms with van der Waals surface area (Å²) in [4.78, 5) is 8.80. The second kappa shape index (κ2) is 9.72. The number of aliphatic hydroxyl groups is 1. The highest BCUT2D eigenvalue weighted by atomic mass is 19.1. The maximum absolute atomic E-state index is 15.5. The van der Waals surface area contributed by atoms with Gasteiger partial charge in [0.15, 0.2) is 11.6 Å². The van der Waals surface area contributed by atoms with Gasteiger partial charge in [0, 0.05) is 57.2 Å². The van der Waals surface area contributed by atoms with Crippen LogP contribution in [0.1, 0.15) is 24.0 Å². The van der Waals surface area contributed by atoms with Gasteiger partial charge in [-0.2, -0.15) is 5.10 Å². The number of pyridine rings is 1. The van der Waals surface area contributed by atoms with E-state index in [9.17, 15) is 5.11 Å². The number of nitrogens with zero attached hydrogens (tertiary/aromatic N) is 5. The predicted octanol–water partition coefficient (Wildman–Crippen LogP) is 2.94. The Morgan fingerprint density at radius 1 is 1.11 bits per heavy atom. The molecule has 3 aromatic rings. The first-order chi connectivity index (χ1) is 16.9. The Bertz CT molecular complexity index is 1180. The summed E-state index contributed by atoms with van der Waals surface area (Å²) in [6.45, 7) is 7.93. The Morgan fingerprint density at radius 3 is 2.60 bits per heavy atom. The number of alkyl halides is 1. The summed E-state index contributed by atoms with van der Waals surface area (Å²) >= 11 is 0. The van der Waals surface area contributed by atoms with Crippen LogP contribution in [0.4, 0.5) is 10.1 Å². The molecular weight excluding hydrogens is 449 g/mol. The number of aliphatic hydroxyl groups excluding tert-OH is 1. The van der Waals surface area contributed by atoms with E-state index in [4.69, 9.17) is 9.47 Å². The summed E-state index contributed by atoms with van der Waals surface area (Å²) in [6, 6.07) is 6.13. The lowest BCUT2D eigenvalue weighted by Gasteiger charge is -2.40. The minimum Gasteiger partial charge on any atom is -0.493 e. The number of piperidine rings is 1. The highest BCUT2D eigenvalue weighted by Gasteiger charge is 2.36. The van der Waals surface area contributed by atoms with Crippen LogP contribution in [0.3, 0.4) is 0 Å². The average molecular weight is 484 g/mol. The number of halogens is 1. The largest absolute Gasteiger partial charge is 0.493 e. The standard InChI is InChI=1S/C26H34FN5O3/c1-16-7-18-10-29-32(25-9-23(24(35-4)11-28-25)31-13-19(33)14-31)22(18)8-20(16)26-17(2)12-30(5-6-34-3)15-21(26)27/h7-11,17,19,21,26,33H,5-6,12-15H2,1-4H3/t17-,21?,26?/m1/s1. The Kier molecular flexibility index (Phi) is 6.65. The van der Waals surface area contributed by atoms with Crippen LogP contribution < -0.4 is 9.64 Å². The fraction of sp³-hybridized carbons (Fsp3) is 0.538. The van der Waals surface area contributed by atoms with Crippen LogP contribution in [0.25, 0.3) is 16.7 Å². The molecular formula is C26H34FN5O3. The molecule has 0 amide bonds. The third kappa shape index (κ3) is 4.48. The van der Waals surface area contributed by atoms with E-state index in [2.05, 4.69) is 45.9 Å². The summed E-state index contributed by atoms with van der Waals surface area (Å²) in [6.07, 6.45) is 2.23. The number of fused-ring (bicyclic) bond motifs is 1. The Morgan fingerprint density at radius 2 is 1.91 bits per heavy atom. The van der Waals surface area contributed by atoms with Gasteiger partial charge in [-0.1, -0.05) is 6.92 Å². The van der Waals surface area contributed by atoms with Gasteiger partial charge in [0.2, 0.25) is 0 Å². The number of benzene rings is 1. The number of aromatic nitrogens is 3. The maximum Gasteiger partial charge on any atom is 0.160 e. The minimum absolute atomic E-state index is 0.173. The molecule has 2 aromatic heterocycles. The Balaban J connectivity index is 1.50. The molecule has 0 bridgehead atoms. The number of hydrogen-bond acceptors (Lipinski definition) is 7. The molecule has 188 valence electrons. The van der Waals surface area contributed by atoms with E-state index < -0.39 is 6.17 Å². The highest BCUT2D eigenvalue weighted by molar-refractivity contribution is 5.82. The summed E-state index contributed by atoms with van der Waals surface area (Å²) in [5.41, 5.74) is 3.89. The number of ether oxygens (including phenoxy) is 2. The maximum atomic E-state index is 15.5. The second-order valence-electron chi connectivity index (χ2n) is 9.87. The van der Waals surface area contributed by atoms with Crippen molar-refractivity contribution >= 4 is 16.6 Å². The lowest BCUT2D eigenvalue weighted by atomic mass is 9.78. The topological polar surface area (TPSA) is 75.9 Å². The summed E-state index contributed by atoms with van der Waals surface area (Å²) in [5, 5.41) is 15.4. The molecule has 2 fully saturated rings. The van der Waals surface area contributed by atoms with Gasteiger partial charge in [-0.15, -0.1) is 0 Å². The number of likely N-dealkylation sites (tertiary alicyclic amines) is 1. The van der Waals surface area contributed by atoms with E-state index in [0.717, 1.165) is 40.8 Å². The van der Waals surface area contributed by atoms with Crippen LogP contribution in [-0.4, -0.2) is 90.6 Å². The quantitative estimate of drug-likeness (QED) is 0.554. The first-order valence-corrected chi connectivity index (χ1v) is 12.2. The number of anilines is 1. The van der Waals surface area contributed by atoms with Crippen molar-refractivity contribution in [3.05, 3.63) is 41.7 Å². The molecule has 2 aliphatic rings. The zero-order valence-corrected chi connectivity index (χ0v) is 20.8. The van der Waals surface area contributed by atoms with Crippen molar-refractivity contribution in [1.82, 2.24) is 19.7 Å². The van der Waals surface area contributed by atoms with Crippen LogP contribution >= 0.6 is 0 Å². The van der Waals surface area contributed by atoms with Crippen molar-refractivity contribution in [2.75, 3.05) is 58.5 Å². The van der Waals surface area contributed by atoms with Gasteiger partial charge >= 0.3 is 0 Å². The Labute approximate surface area is 205 Å². The highest BCUT2D eigenvalue weighted by Crippen LogP contribution is 2.39. The summed E-state index contributed by atoms with van der Waals surface area (Å²) in [7, 11) is 3.29.